The normalized spacial score (nSPS) is 10.2. The average molecular weight is 342 g/mol. The molecule has 0 bridgehead atoms. The Morgan fingerprint density at radius 2 is 1.72 bits per heavy atom. The summed E-state index contributed by atoms with van der Waals surface area (Å²) in [6.45, 7) is 0.613. The Morgan fingerprint density at radius 3 is 2.36 bits per heavy atom. The molecular weight excluding hydrogens is 316 g/mol. The number of methoxy groups -OCH3 is 1. The molecule has 25 heavy (non-hydrogen) atoms. The van der Waals surface area contributed by atoms with Crippen LogP contribution in [0.5, 0.6) is 11.5 Å². The van der Waals surface area contributed by atoms with Gasteiger partial charge in [0.1, 0.15) is 0 Å². The molecule has 0 spiro atoms. The highest BCUT2D eigenvalue weighted by atomic mass is 16.5. The quantitative estimate of drug-likeness (QED) is 0.712. The van der Waals surface area contributed by atoms with E-state index >= 15 is 0 Å². The largest absolute Gasteiger partial charge is 0.493 e. The van der Waals surface area contributed by atoms with Crippen molar-refractivity contribution in [1.82, 2.24) is 5.32 Å². The molecule has 2 aromatic carbocycles. The molecule has 2 aromatic rings. The summed E-state index contributed by atoms with van der Waals surface area (Å²) in [5.41, 5.74) is 2.45. The van der Waals surface area contributed by atoms with Crippen molar-refractivity contribution in [2.45, 2.75) is 12.8 Å². The predicted molar refractivity (Wildman–Crippen MR) is 101 cm³/mol. The minimum Gasteiger partial charge on any atom is -0.493 e. The van der Waals surface area contributed by atoms with Crippen molar-refractivity contribution in [2.24, 2.45) is 0 Å². The first-order valence-corrected chi connectivity index (χ1v) is 8.39. The first-order valence-electron chi connectivity index (χ1n) is 8.39. The van der Waals surface area contributed by atoms with Crippen LogP contribution in [0.3, 0.4) is 0 Å². The van der Waals surface area contributed by atoms with Gasteiger partial charge in [0.25, 0.3) is 5.91 Å². The van der Waals surface area contributed by atoms with Gasteiger partial charge in [-0.3, -0.25) is 4.79 Å². The minimum absolute atomic E-state index is 0.0160. The van der Waals surface area contributed by atoms with Gasteiger partial charge in [-0.15, -0.1) is 0 Å². The maximum Gasteiger partial charge on any atom is 0.257 e. The van der Waals surface area contributed by atoms with Gasteiger partial charge in [0, 0.05) is 26.3 Å². The number of hydrogen-bond acceptors (Lipinski definition) is 4. The number of hydrogen-bond donors (Lipinski definition) is 1. The maximum absolute atomic E-state index is 11.9. The van der Waals surface area contributed by atoms with E-state index in [9.17, 15) is 4.79 Å². The van der Waals surface area contributed by atoms with E-state index in [0.717, 1.165) is 12.8 Å². The lowest BCUT2D eigenvalue weighted by Crippen LogP contribution is -2.30. The lowest BCUT2D eigenvalue weighted by molar-refractivity contribution is -0.123. The second kappa shape index (κ2) is 9.57. The van der Waals surface area contributed by atoms with Crippen LogP contribution >= 0.6 is 0 Å². The molecule has 0 aliphatic heterocycles. The van der Waals surface area contributed by atoms with E-state index in [0.29, 0.717) is 18.0 Å². The molecule has 0 aliphatic carbocycles. The van der Waals surface area contributed by atoms with Crippen molar-refractivity contribution >= 4 is 11.6 Å². The first kappa shape index (κ1) is 18.6. The van der Waals surface area contributed by atoms with Gasteiger partial charge < -0.3 is 19.7 Å². The van der Waals surface area contributed by atoms with Gasteiger partial charge in [0.05, 0.1) is 7.11 Å². The Morgan fingerprint density at radius 1 is 1.04 bits per heavy atom. The number of rotatable bonds is 9. The maximum atomic E-state index is 11.9. The van der Waals surface area contributed by atoms with Gasteiger partial charge in [-0.1, -0.05) is 24.3 Å². The number of aryl methyl sites for hydroxylation is 1. The van der Waals surface area contributed by atoms with Crippen molar-refractivity contribution in [3.8, 4) is 11.5 Å². The van der Waals surface area contributed by atoms with Crippen molar-refractivity contribution in [2.75, 3.05) is 39.3 Å². The summed E-state index contributed by atoms with van der Waals surface area (Å²) in [6.07, 6.45) is 1.82. The van der Waals surface area contributed by atoms with E-state index in [-0.39, 0.29) is 12.5 Å². The van der Waals surface area contributed by atoms with Crippen molar-refractivity contribution in [1.29, 1.82) is 0 Å². The molecule has 5 heteroatoms. The van der Waals surface area contributed by atoms with Crippen LogP contribution in [0, 0.1) is 0 Å². The molecule has 0 saturated heterocycles. The van der Waals surface area contributed by atoms with E-state index < -0.39 is 0 Å². The number of carbonyl (C=O) groups excluding carboxylic acids is 1. The van der Waals surface area contributed by atoms with Crippen LogP contribution < -0.4 is 19.7 Å². The summed E-state index contributed by atoms with van der Waals surface area (Å²) in [5, 5.41) is 2.88. The molecule has 0 aliphatic rings. The zero-order chi connectivity index (χ0) is 18.1. The monoisotopic (exact) mass is 342 g/mol. The summed E-state index contributed by atoms with van der Waals surface area (Å²) < 4.78 is 10.7. The topological polar surface area (TPSA) is 50.8 Å². The second-order valence-corrected chi connectivity index (χ2v) is 5.95. The molecular formula is C20H26N2O3. The third kappa shape index (κ3) is 6.03. The zero-order valence-electron chi connectivity index (χ0n) is 15.1. The molecule has 0 saturated carbocycles. The summed E-state index contributed by atoms with van der Waals surface area (Å²) >= 11 is 0. The zero-order valence-corrected chi connectivity index (χ0v) is 15.1. The fourth-order valence-corrected chi connectivity index (χ4v) is 2.41. The van der Waals surface area contributed by atoms with Crippen molar-refractivity contribution in [3.63, 3.8) is 0 Å². The lowest BCUT2D eigenvalue weighted by Gasteiger charge is -2.13. The molecule has 0 heterocycles. The van der Waals surface area contributed by atoms with Gasteiger partial charge in [0.2, 0.25) is 0 Å². The van der Waals surface area contributed by atoms with Crippen LogP contribution in [-0.2, 0) is 11.2 Å². The average Bonchev–Trinajstić information content (AvgIpc) is 2.64. The third-order valence-electron chi connectivity index (χ3n) is 3.84. The number of nitrogens with zero attached hydrogens (tertiary/aromatic N) is 1. The Balaban J connectivity index is 1.67. The highest BCUT2D eigenvalue weighted by Crippen LogP contribution is 2.25. The number of benzene rings is 2. The molecule has 0 unspecified atom stereocenters. The summed E-state index contributed by atoms with van der Waals surface area (Å²) in [5.74, 6) is 1.06. The van der Waals surface area contributed by atoms with Crippen molar-refractivity contribution < 1.29 is 14.3 Å². The summed E-state index contributed by atoms with van der Waals surface area (Å²) in [7, 11) is 5.63. The molecule has 1 amide bonds. The molecule has 0 atom stereocenters. The Bertz CT molecular complexity index is 669. The predicted octanol–water partition coefficient (Wildman–Crippen LogP) is 2.89. The van der Waals surface area contributed by atoms with Gasteiger partial charge in [-0.2, -0.15) is 0 Å². The SMILES string of the molecule is COc1ccccc1OCC(=O)NCCCc1ccc(N(C)C)cc1. The van der Waals surface area contributed by atoms with Crippen LogP contribution in [0.25, 0.3) is 0 Å². The number of amides is 1. The van der Waals surface area contributed by atoms with Crippen LogP contribution in [-0.4, -0.2) is 40.3 Å². The van der Waals surface area contributed by atoms with Crippen LogP contribution in [0.4, 0.5) is 5.69 Å². The fourth-order valence-electron chi connectivity index (χ4n) is 2.41. The van der Waals surface area contributed by atoms with Crippen LogP contribution in [0.2, 0.25) is 0 Å². The molecule has 134 valence electrons. The first-order chi connectivity index (χ1) is 12.1. The lowest BCUT2D eigenvalue weighted by atomic mass is 10.1. The smallest absolute Gasteiger partial charge is 0.257 e. The highest BCUT2D eigenvalue weighted by Gasteiger charge is 2.06. The van der Waals surface area contributed by atoms with E-state index in [1.54, 1.807) is 19.2 Å². The Kier molecular flexibility index (Phi) is 7.14. The third-order valence-corrected chi connectivity index (χ3v) is 3.84. The fraction of sp³-hybridized carbons (Fsp3) is 0.350. The van der Waals surface area contributed by atoms with Crippen molar-refractivity contribution in [3.05, 3.63) is 54.1 Å². The van der Waals surface area contributed by atoms with E-state index in [2.05, 4.69) is 34.5 Å². The minimum atomic E-state index is -0.131. The summed E-state index contributed by atoms with van der Waals surface area (Å²) in [4.78, 5) is 13.9. The van der Waals surface area contributed by atoms with Crippen LogP contribution in [0.15, 0.2) is 48.5 Å². The number of para-hydroxylation sites is 2. The van der Waals surface area contributed by atoms with Crippen LogP contribution in [0.1, 0.15) is 12.0 Å². The van der Waals surface area contributed by atoms with E-state index in [1.807, 2.05) is 26.2 Å². The van der Waals surface area contributed by atoms with Gasteiger partial charge >= 0.3 is 0 Å². The number of anilines is 1. The van der Waals surface area contributed by atoms with Gasteiger partial charge in [0.15, 0.2) is 18.1 Å². The Hall–Kier alpha value is -2.69. The number of nitrogens with one attached hydrogen (secondary N) is 1. The molecule has 0 aromatic heterocycles. The highest BCUT2D eigenvalue weighted by molar-refractivity contribution is 5.77. The van der Waals surface area contributed by atoms with E-state index in [4.69, 9.17) is 9.47 Å². The van der Waals surface area contributed by atoms with E-state index in [1.165, 1.54) is 11.3 Å². The van der Waals surface area contributed by atoms with Gasteiger partial charge in [-0.25, -0.2) is 0 Å². The molecule has 1 N–H and O–H groups in total. The summed E-state index contributed by atoms with van der Waals surface area (Å²) in [6, 6.07) is 15.8. The molecule has 0 radical (unpaired) electrons. The van der Waals surface area contributed by atoms with Gasteiger partial charge in [-0.05, 0) is 42.7 Å². The Labute approximate surface area is 149 Å². The number of ether oxygens (including phenoxy) is 2. The molecule has 5 nitrogen and oxygen atoms in total. The molecule has 2 rings (SSSR count). The second-order valence-electron chi connectivity index (χ2n) is 5.95. The molecule has 0 fully saturated rings. The standard InChI is InChI=1S/C20H26N2O3/c1-22(2)17-12-10-16(11-13-17)7-6-14-21-20(23)15-25-19-9-5-4-8-18(19)24-3/h4-5,8-13H,6-7,14-15H2,1-3H3,(H,21,23). The number of carbonyl (C=O) groups is 1.